The third-order valence-corrected chi connectivity index (χ3v) is 4.29. The molecule has 7 nitrogen and oxygen atoms in total. The van der Waals surface area contributed by atoms with Crippen molar-refractivity contribution in [2.45, 2.75) is 38.2 Å². The highest BCUT2D eigenvalue weighted by atomic mass is 16.5. The van der Waals surface area contributed by atoms with Crippen molar-refractivity contribution in [2.75, 3.05) is 27.2 Å². The molecule has 1 aromatic rings. The van der Waals surface area contributed by atoms with Crippen molar-refractivity contribution in [3.63, 3.8) is 0 Å². The highest BCUT2D eigenvalue weighted by Gasteiger charge is 2.38. The van der Waals surface area contributed by atoms with E-state index in [4.69, 9.17) is 9.15 Å². The van der Waals surface area contributed by atoms with Crippen LogP contribution >= 0.6 is 0 Å². The summed E-state index contributed by atoms with van der Waals surface area (Å²) in [6.45, 7) is 2.86. The number of aryl methyl sites for hydroxylation is 1. The van der Waals surface area contributed by atoms with Crippen LogP contribution in [0.1, 0.15) is 41.9 Å². The smallest absolute Gasteiger partial charge is 0.291 e. The molecular weight excluding hydrogens is 286 g/mol. The summed E-state index contributed by atoms with van der Waals surface area (Å²) in [6, 6.07) is 0. The van der Waals surface area contributed by atoms with Gasteiger partial charge in [0, 0.05) is 27.1 Å². The van der Waals surface area contributed by atoms with Crippen molar-refractivity contribution in [2.24, 2.45) is 0 Å². The van der Waals surface area contributed by atoms with Crippen LogP contribution in [0.5, 0.6) is 0 Å². The number of oxazole rings is 1. The van der Waals surface area contributed by atoms with E-state index in [1.807, 2.05) is 0 Å². The minimum Gasteiger partial charge on any atom is -0.438 e. The van der Waals surface area contributed by atoms with Gasteiger partial charge in [0.15, 0.2) is 6.39 Å². The first kappa shape index (κ1) is 16.5. The predicted molar refractivity (Wildman–Crippen MR) is 79.4 cm³/mol. The Morgan fingerprint density at radius 3 is 2.91 bits per heavy atom. The predicted octanol–water partition coefficient (Wildman–Crippen LogP) is 1.13. The van der Waals surface area contributed by atoms with Gasteiger partial charge in [0.2, 0.25) is 11.7 Å². The first-order valence-electron chi connectivity index (χ1n) is 7.46. The van der Waals surface area contributed by atoms with Crippen LogP contribution in [-0.2, 0) is 9.53 Å². The van der Waals surface area contributed by atoms with Crippen LogP contribution in [0, 0.1) is 6.92 Å². The summed E-state index contributed by atoms with van der Waals surface area (Å²) in [5.41, 5.74) is 0.109. The lowest BCUT2D eigenvalue weighted by Gasteiger charge is -2.41. The largest absolute Gasteiger partial charge is 0.438 e. The molecule has 1 aliphatic rings. The van der Waals surface area contributed by atoms with E-state index in [-0.39, 0.29) is 17.6 Å². The third-order valence-electron chi connectivity index (χ3n) is 4.29. The molecule has 0 saturated carbocycles. The molecule has 2 amide bonds. The first-order chi connectivity index (χ1) is 10.5. The van der Waals surface area contributed by atoms with Gasteiger partial charge in [0.25, 0.3) is 5.91 Å². The SMILES string of the molecule is CNC(=O)CC[C@]1(OC)CCCN(C(=O)c2ocnc2C)C1. The fourth-order valence-corrected chi connectivity index (χ4v) is 2.86. The highest BCUT2D eigenvalue weighted by Crippen LogP contribution is 2.30. The maximum atomic E-state index is 12.5. The first-order valence-corrected chi connectivity index (χ1v) is 7.46. The highest BCUT2D eigenvalue weighted by molar-refractivity contribution is 5.92. The van der Waals surface area contributed by atoms with Gasteiger partial charge in [-0.25, -0.2) is 4.98 Å². The number of hydrogen-bond donors (Lipinski definition) is 1. The van der Waals surface area contributed by atoms with Gasteiger partial charge in [-0.15, -0.1) is 0 Å². The van der Waals surface area contributed by atoms with Crippen LogP contribution in [0.3, 0.4) is 0 Å². The van der Waals surface area contributed by atoms with E-state index in [0.717, 1.165) is 12.8 Å². The van der Waals surface area contributed by atoms with E-state index in [9.17, 15) is 9.59 Å². The second-order valence-electron chi connectivity index (χ2n) is 5.66. The molecule has 1 saturated heterocycles. The molecule has 0 spiro atoms. The second-order valence-corrected chi connectivity index (χ2v) is 5.66. The molecule has 2 rings (SSSR count). The number of nitrogens with one attached hydrogen (secondary N) is 1. The zero-order valence-corrected chi connectivity index (χ0v) is 13.3. The quantitative estimate of drug-likeness (QED) is 0.881. The van der Waals surface area contributed by atoms with Crippen LogP contribution in [0.15, 0.2) is 10.8 Å². The van der Waals surface area contributed by atoms with E-state index in [1.165, 1.54) is 6.39 Å². The number of ether oxygens (including phenoxy) is 1. The summed E-state index contributed by atoms with van der Waals surface area (Å²) < 4.78 is 10.9. The Balaban J connectivity index is 2.07. The summed E-state index contributed by atoms with van der Waals surface area (Å²) in [5.74, 6) is 0.0835. The fourth-order valence-electron chi connectivity index (χ4n) is 2.86. The van der Waals surface area contributed by atoms with Gasteiger partial charge < -0.3 is 19.4 Å². The summed E-state index contributed by atoms with van der Waals surface area (Å²) in [5, 5.41) is 2.61. The van der Waals surface area contributed by atoms with Gasteiger partial charge >= 0.3 is 0 Å². The molecule has 0 aromatic carbocycles. The van der Waals surface area contributed by atoms with Crippen LogP contribution in [0.2, 0.25) is 0 Å². The molecule has 0 aliphatic carbocycles. The number of nitrogens with zero attached hydrogens (tertiary/aromatic N) is 2. The Hall–Kier alpha value is -1.89. The van der Waals surface area contributed by atoms with Gasteiger partial charge in [-0.3, -0.25) is 9.59 Å². The second kappa shape index (κ2) is 6.91. The third kappa shape index (κ3) is 3.47. The number of methoxy groups -OCH3 is 1. The van der Waals surface area contributed by atoms with Gasteiger partial charge in [-0.1, -0.05) is 0 Å². The van der Waals surface area contributed by atoms with Gasteiger partial charge in [-0.05, 0) is 26.2 Å². The van der Waals surface area contributed by atoms with Crippen LogP contribution < -0.4 is 5.32 Å². The van der Waals surface area contributed by atoms with Crippen molar-refractivity contribution in [3.05, 3.63) is 17.8 Å². The molecule has 22 heavy (non-hydrogen) atoms. The molecule has 1 aromatic heterocycles. The minimum atomic E-state index is -0.478. The normalized spacial score (nSPS) is 21.7. The molecular formula is C15H23N3O4. The summed E-state index contributed by atoms with van der Waals surface area (Å²) >= 11 is 0. The molecule has 0 bridgehead atoms. The zero-order chi connectivity index (χ0) is 16.2. The molecule has 2 heterocycles. The number of carbonyl (C=O) groups is 2. The van der Waals surface area contributed by atoms with Crippen molar-refractivity contribution < 1.29 is 18.7 Å². The van der Waals surface area contributed by atoms with E-state index in [0.29, 0.717) is 31.6 Å². The van der Waals surface area contributed by atoms with Gasteiger partial charge in [-0.2, -0.15) is 0 Å². The number of likely N-dealkylation sites (tertiary alicyclic amines) is 1. The number of aromatic nitrogens is 1. The molecule has 1 fully saturated rings. The lowest BCUT2D eigenvalue weighted by molar-refractivity contribution is -0.123. The maximum absolute atomic E-state index is 12.5. The average molecular weight is 309 g/mol. The number of rotatable bonds is 5. The van der Waals surface area contributed by atoms with Crippen molar-refractivity contribution in [1.82, 2.24) is 15.2 Å². The lowest BCUT2D eigenvalue weighted by atomic mass is 9.87. The van der Waals surface area contributed by atoms with Crippen LogP contribution in [-0.4, -0.2) is 54.5 Å². The maximum Gasteiger partial charge on any atom is 0.291 e. The molecule has 0 unspecified atom stereocenters. The van der Waals surface area contributed by atoms with Gasteiger partial charge in [0.05, 0.1) is 17.8 Å². The number of amides is 2. The lowest BCUT2D eigenvalue weighted by Crippen LogP contribution is -2.51. The van der Waals surface area contributed by atoms with Crippen molar-refractivity contribution >= 4 is 11.8 Å². The van der Waals surface area contributed by atoms with Crippen LogP contribution in [0.25, 0.3) is 0 Å². The Kier molecular flexibility index (Phi) is 5.18. The van der Waals surface area contributed by atoms with E-state index in [2.05, 4.69) is 10.3 Å². The molecule has 7 heteroatoms. The Bertz CT molecular complexity index is 543. The summed E-state index contributed by atoms with van der Waals surface area (Å²) in [6.07, 6.45) is 3.91. The standard InChI is InChI=1S/C15H23N3O4/c1-11-13(22-10-17-11)14(20)18-8-4-6-15(9-18,21-3)7-5-12(19)16-2/h10H,4-9H2,1-3H3,(H,16,19)/t15-/m1/s1. The molecule has 1 aliphatic heterocycles. The van der Waals surface area contributed by atoms with E-state index in [1.54, 1.807) is 26.0 Å². The van der Waals surface area contributed by atoms with E-state index < -0.39 is 5.60 Å². The number of piperidine rings is 1. The minimum absolute atomic E-state index is 0.0223. The average Bonchev–Trinajstić information content (AvgIpc) is 2.98. The monoisotopic (exact) mass is 309 g/mol. The fraction of sp³-hybridized carbons (Fsp3) is 0.667. The summed E-state index contributed by atoms with van der Waals surface area (Å²) in [7, 11) is 3.25. The Morgan fingerprint density at radius 1 is 1.55 bits per heavy atom. The van der Waals surface area contributed by atoms with Gasteiger partial charge in [0.1, 0.15) is 0 Å². The molecule has 1 atom stereocenters. The molecule has 122 valence electrons. The number of hydrogen-bond acceptors (Lipinski definition) is 5. The van der Waals surface area contributed by atoms with Crippen molar-refractivity contribution in [3.8, 4) is 0 Å². The molecule has 1 N–H and O–H groups in total. The number of carbonyl (C=O) groups excluding carboxylic acids is 2. The topological polar surface area (TPSA) is 84.7 Å². The van der Waals surface area contributed by atoms with Crippen LogP contribution in [0.4, 0.5) is 0 Å². The Labute approximate surface area is 130 Å². The Morgan fingerprint density at radius 2 is 2.32 bits per heavy atom. The van der Waals surface area contributed by atoms with E-state index >= 15 is 0 Å². The van der Waals surface area contributed by atoms with Crippen molar-refractivity contribution in [1.29, 1.82) is 0 Å². The summed E-state index contributed by atoms with van der Waals surface area (Å²) in [4.78, 5) is 29.7. The zero-order valence-electron chi connectivity index (χ0n) is 13.3. The molecule has 0 radical (unpaired) electrons.